The van der Waals surface area contributed by atoms with E-state index in [1.54, 1.807) is 20.8 Å². The summed E-state index contributed by atoms with van der Waals surface area (Å²) in [6.45, 7) is 4.43. The van der Waals surface area contributed by atoms with E-state index in [-0.39, 0.29) is 31.7 Å². The molecule has 0 aliphatic carbocycles. The first-order valence-corrected chi connectivity index (χ1v) is 14.4. The van der Waals surface area contributed by atoms with Gasteiger partial charge in [-0.2, -0.15) is 13.2 Å². The van der Waals surface area contributed by atoms with Gasteiger partial charge in [0.2, 0.25) is 11.8 Å². The number of nitrogens with two attached hydrogens (primary N) is 1. The Balaban J connectivity index is 1.56. The van der Waals surface area contributed by atoms with Crippen molar-refractivity contribution >= 4 is 17.9 Å². The van der Waals surface area contributed by atoms with Crippen LogP contribution in [-0.2, 0) is 40.3 Å². The first-order chi connectivity index (χ1) is 21.2. The lowest BCUT2D eigenvalue weighted by Crippen LogP contribution is -2.52. The van der Waals surface area contributed by atoms with E-state index in [2.05, 4.69) is 16.0 Å². The number of rotatable bonds is 13. The average molecular weight is 629 g/mol. The zero-order valence-electron chi connectivity index (χ0n) is 25.4. The van der Waals surface area contributed by atoms with E-state index in [4.69, 9.17) is 15.2 Å². The van der Waals surface area contributed by atoms with Crippen LogP contribution >= 0.6 is 0 Å². The Labute approximate surface area is 260 Å². The van der Waals surface area contributed by atoms with Gasteiger partial charge in [0.15, 0.2) is 6.61 Å². The number of nitrogens with one attached hydrogen (secondary N) is 3. The van der Waals surface area contributed by atoms with E-state index in [0.717, 1.165) is 16.7 Å². The summed E-state index contributed by atoms with van der Waals surface area (Å²) in [5.41, 5.74) is 8.66. The van der Waals surface area contributed by atoms with Crippen LogP contribution in [0.1, 0.15) is 43.0 Å². The van der Waals surface area contributed by atoms with Crippen LogP contribution in [0.15, 0.2) is 78.9 Å². The minimum Gasteiger partial charge on any atom is -0.484 e. The van der Waals surface area contributed by atoms with E-state index in [1.165, 1.54) is 24.3 Å². The fourth-order valence-corrected chi connectivity index (χ4v) is 4.15. The summed E-state index contributed by atoms with van der Waals surface area (Å²) in [6.07, 6.45) is -4.64. The number of carbonyl (C=O) groups excluding carboxylic acids is 3. The third-order valence-corrected chi connectivity index (χ3v) is 6.36. The maximum absolute atomic E-state index is 13.2. The molecule has 0 aliphatic heterocycles. The highest BCUT2D eigenvalue weighted by molar-refractivity contribution is 5.90. The first-order valence-electron chi connectivity index (χ1n) is 14.4. The van der Waals surface area contributed by atoms with Gasteiger partial charge in [-0.1, -0.05) is 66.7 Å². The summed E-state index contributed by atoms with van der Waals surface area (Å²) in [4.78, 5) is 38.2. The molecule has 2 unspecified atom stereocenters. The molecule has 5 N–H and O–H groups in total. The van der Waals surface area contributed by atoms with Crippen LogP contribution in [0.5, 0.6) is 5.75 Å². The second-order valence-electron chi connectivity index (χ2n) is 11.5. The molecule has 0 aromatic heterocycles. The van der Waals surface area contributed by atoms with Crippen LogP contribution in [0.4, 0.5) is 18.0 Å². The number of hydrogen-bond donors (Lipinski definition) is 4. The van der Waals surface area contributed by atoms with E-state index in [1.807, 2.05) is 54.6 Å². The molecule has 0 aliphatic rings. The summed E-state index contributed by atoms with van der Waals surface area (Å²) >= 11 is 0. The number of alkyl halides is 3. The molecule has 0 heterocycles. The number of benzene rings is 3. The molecular formula is C33H39F3N4O5. The van der Waals surface area contributed by atoms with E-state index < -0.39 is 48.4 Å². The van der Waals surface area contributed by atoms with Crippen molar-refractivity contribution in [3.05, 3.63) is 101 Å². The Kier molecular flexibility index (Phi) is 12.4. The van der Waals surface area contributed by atoms with Crippen molar-refractivity contribution in [3.63, 3.8) is 0 Å². The zero-order chi connectivity index (χ0) is 33.0. The van der Waals surface area contributed by atoms with Crippen molar-refractivity contribution < 1.29 is 37.0 Å². The number of halogens is 3. The zero-order valence-corrected chi connectivity index (χ0v) is 25.4. The minimum atomic E-state index is -4.45. The minimum absolute atomic E-state index is 0.0424. The molecule has 3 rings (SSSR count). The Morgan fingerprint density at radius 3 is 1.82 bits per heavy atom. The number of alkyl carbamates (subject to hydrolysis) is 1. The molecule has 12 heteroatoms. The second-order valence-corrected chi connectivity index (χ2v) is 11.5. The summed E-state index contributed by atoms with van der Waals surface area (Å²) < 4.78 is 47.1. The van der Waals surface area contributed by atoms with Gasteiger partial charge in [0.05, 0.1) is 6.04 Å². The van der Waals surface area contributed by atoms with Crippen molar-refractivity contribution in [1.82, 2.24) is 16.0 Å². The summed E-state index contributed by atoms with van der Waals surface area (Å²) in [5, 5.41) is 8.30. The van der Waals surface area contributed by atoms with E-state index >= 15 is 0 Å². The van der Waals surface area contributed by atoms with Gasteiger partial charge >= 0.3 is 12.3 Å². The molecular weight excluding hydrogens is 589 g/mol. The smallest absolute Gasteiger partial charge is 0.422 e. The number of amides is 3. The molecule has 9 nitrogen and oxygen atoms in total. The molecule has 0 saturated carbocycles. The van der Waals surface area contributed by atoms with Crippen molar-refractivity contribution in [1.29, 1.82) is 0 Å². The van der Waals surface area contributed by atoms with Crippen molar-refractivity contribution in [2.24, 2.45) is 5.73 Å². The second kappa shape index (κ2) is 15.9. The first kappa shape index (κ1) is 34.9. The van der Waals surface area contributed by atoms with Crippen LogP contribution in [0.25, 0.3) is 0 Å². The van der Waals surface area contributed by atoms with Crippen LogP contribution in [0, 0.1) is 0 Å². The Bertz CT molecular complexity index is 1390. The maximum Gasteiger partial charge on any atom is 0.422 e. The molecule has 0 spiro atoms. The Hall–Kier alpha value is -4.58. The largest absolute Gasteiger partial charge is 0.484 e. The lowest BCUT2D eigenvalue weighted by molar-refractivity contribution is -0.153. The summed E-state index contributed by atoms with van der Waals surface area (Å²) in [7, 11) is 0. The molecule has 45 heavy (non-hydrogen) atoms. The molecule has 3 aromatic rings. The highest BCUT2D eigenvalue weighted by Gasteiger charge is 2.28. The molecule has 242 valence electrons. The maximum atomic E-state index is 13.2. The molecule has 3 amide bonds. The summed E-state index contributed by atoms with van der Waals surface area (Å²) in [6, 6.07) is 20.4. The van der Waals surface area contributed by atoms with Gasteiger partial charge in [-0.25, -0.2) is 4.79 Å². The Morgan fingerprint density at radius 1 is 0.733 bits per heavy atom. The standard InChI is InChI=1S/C33H39F3N4O5/c1-32(2,3)45-31(43)39-20-25-11-9-24(10-12-25)19-38-30(42)28(18-22-7-5-4-6-8-22)40-29(41)27(37)17-23-13-15-26(16-14-23)44-21-33(34,35)36/h4-16,27-28H,17-21,37H2,1-3H3,(H,38,42)(H,39,43)(H,40,41). The molecule has 0 fully saturated rings. The summed E-state index contributed by atoms with van der Waals surface area (Å²) in [5.74, 6) is -0.910. The van der Waals surface area contributed by atoms with Gasteiger partial charge in [0, 0.05) is 19.5 Å². The van der Waals surface area contributed by atoms with Crippen molar-refractivity contribution in [2.75, 3.05) is 6.61 Å². The average Bonchev–Trinajstić information content (AvgIpc) is 2.98. The highest BCUT2D eigenvalue weighted by Crippen LogP contribution is 2.19. The number of carbonyl (C=O) groups is 3. The quantitative estimate of drug-likeness (QED) is 0.220. The van der Waals surface area contributed by atoms with Crippen LogP contribution in [0.2, 0.25) is 0 Å². The van der Waals surface area contributed by atoms with Crippen molar-refractivity contribution in [2.45, 2.75) is 70.6 Å². The predicted molar refractivity (Wildman–Crippen MR) is 163 cm³/mol. The van der Waals surface area contributed by atoms with E-state index in [0.29, 0.717) is 5.56 Å². The van der Waals surface area contributed by atoms with Crippen LogP contribution < -0.4 is 26.4 Å². The van der Waals surface area contributed by atoms with Gasteiger partial charge in [-0.3, -0.25) is 9.59 Å². The molecule has 3 aromatic carbocycles. The third kappa shape index (κ3) is 13.3. The number of ether oxygens (including phenoxy) is 2. The predicted octanol–water partition coefficient (Wildman–Crippen LogP) is 4.57. The topological polar surface area (TPSA) is 132 Å². The molecule has 0 saturated heterocycles. The van der Waals surface area contributed by atoms with Crippen LogP contribution in [0.3, 0.4) is 0 Å². The van der Waals surface area contributed by atoms with Gasteiger partial charge < -0.3 is 31.2 Å². The fraction of sp³-hybridized carbons (Fsp3) is 0.364. The highest BCUT2D eigenvalue weighted by atomic mass is 19.4. The molecule has 0 radical (unpaired) electrons. The van der Waals surface area contributed by atoms with Crippen molar-refractivity contribution in [3.8, 4) is 5.75 Å². The lowest BCUT2D eigenvalue weighted by Gasteiger charge is -2.21. The lowest BCUT2D eigenvalue weighted by atomic mass is 10.0. The molecule has 0 bridgehead atoms. The van der Waals surface area contributed by atoms with Gasteiger partial charge in [0.1, 0.15) is 17.4 Å². The SMILES string of the molecule is CC(C)(C)OC(=O)NCc1ccc(CNC(=O)C(Cc2ccccc2)NC(=O)C(N)Cc2ccc(OCC(F)(F)F)cc2)cc1. The fourth-order valence-electron chi connectivity index (χ4n) is 4.15. The van der Waals surface area contributed by atoms with Gasteiger partial charge in [-0.05, 0) is 61.6 Å². The van der Waals surface area contributed by atoms with E-state index in [9.17, 15) is 27.6 Å². The number of hydrogen-bond acceptors (Lipinski definition) is 6. The normalized spacial score (nSPS) is 12.9. The van der Waals surface area contributed by atoms with Gasteiger partial charge in [0.25, 0.3) is 0 Å². The molecule has 2 atom stereocenters. The van der Waals surface area contributed by atoms with Gasteiger partial charge in [-0.15, -0.1) is 0 Å². The van der Waals surface area contributed by atoms with Crippen LogP contribution in [-0.4, -0.2) is 48.4 Å². The Morgan fingerprint density at radius 2 is 1.27 bits per heavy atom. The third-order valence-electron chi connectivity index (χ3n) is 6.36. The monoisotopic (exact) mass is 628 g/mol.